The van der Waals surface area contributed by atoms with Gasteiger partial charge in [0.1, 0.15) is 0 Å². The van der Waals surface area contributed by atoms with Gasteiger partial charge in [0.05, 0.1) is 0 Å². The molecule has 0 bridgehead atoms. The van der Waals surface area contributed by atoms with Gasteiger partial charge in [0.15, 0.2) is 0 Å². The molecule has 2 aliphatic rings. The molecular formula is C12H10Cl2F6Hf. The monoisotopic (exact) mass is 518 g/mol. The Morgan fingerprint density at radius 3 is 1.19 bits per heavy atom. The molecule has 2 atom stereocenters. The van der Waals surface area contributed by atoms with Crippen molar-refractivity contribution in [1.29, 1.82) is 0 Å². The zero-order chi connectivity index (χ0) is 14.5. The normalized spacial score (nSPS) is 25.5. The Kier molecular flexibility index (Phi) is 7.50. The van der Waals surface area contributed by atoms with Gasteiger partial charge in [0, 0.05) is 0 Å². The van der Waals surface area contributed by atoms with Crippen molar-refractivity contribution in [3.8, 4) is 0 Å². The summed E-state index contributed by atoms with van der Waals surface area (Å²) >= 11 is -2.57. The summed E-state index contributed by atoms with van der Waals surface area (Å²) in [6.45, 7) is 2.38. The number of hydrogen-bond donors (Lipinski definition) is 0. The SMILES string of the molecule is CC1=[C]([Hf][C]2=C(C)C(F)=C(F)C2F)C(F)C(F)=C1F.Cl.Cl. The van der Waals surface area contributed by atoms with Gasteiger partial charge in [-0.05, 0) is 0 Å². The predicted octanol–water partition coefficient (Wildman–Crippen LogP) is 5.47. The smallest absolute Gasteiger partial charge is 0.147 e. The van der Waals surface area contributed by atoms with Crippen LogP contribution in [0.25, 0.3) is 0 Å². The van der Waals surface area contributed by atoms with Gasteiger partial charge in [-0.1, -0.05) is 0 Å². The second-order valence-corrected chi connectivity index (χ2v) is 9.02. The van der Waals surface area contributed by atoms with Gasteiger partial charge in [0.2, 0.25) is 0 Å². The summed E-state index contributed by atoms with van der Waals surface area (Å²) in [5, 5.41) is 0. The fourth-order valence-corrected chi connectivity index (χ4v) is 6.91. The van der Waals surface area contributed by atoms with Gasteiger partial charge in [-0.3, -0.25) is 0 Å². The Morgan fingerprint density at radius 2 is 1.00 bits per heavy atom. The third-order valence-electron chi connectivity index (χ3n) is 3.11. The summed E-state index contributed by atoms with van der Waals surface area (Å²) in [5.74, 6) is -5.62. The van der Waals surface area contributed by atoms with E-state index in [1.807, 2.05) is 0 Å². The summed E-state index contributed by atoms with van der Waals surface area (Å²) in [6, 6.07) is 0. The summed E-state index contributed by atoms with van der Waals surface area (Å²) in [6.07, 6.45) is -4.47. The van der Waals surface area contributed by atoms with Crippen molar-refractivity contribution in [2.24, 2.45) is 0 Å². The maximum Gasteiger partial charge on any atom is -0.147 e. The van der Waals surface area contributed by atoms with Crippen LogP contribution in [0.4, 0.5) is 26.3 Å². The Labute approximate surface area is 141 Å². The maximum absolute atomic E-state index is 13.6. The van der Waals surface area contributed by atoms with E-state index in [0.29, 0.717) is 0 Å². The summed E-state index contributed by atoms with van der Waals surface area (Å²) in [5.41, 5.74) is -0.401. The van der Waals surface area contributed by atoms with Crippen LogP contribution in [0.5, 0.6) is 0 Å². The molecule has 21 heavy (non-hydrogen) atoms. The molecule has 0 fully saturated rings. The van der Waals surface area contributed by atoms with E-state index in [4.69, 9.17) is 0 Å². The molecule has 0 spiro atoms. The Morgan fingerprint density at radius 1 is 0.714 bits per heavy atom. The first-order chi connectivity index (χ1) is 8.77. The van der Waals surface area contributed by atoms with Crippen molar-refractivity contribution in [2.45, 2.75) is 26.2 Å². The van der Waals surface area contributed by atoms with Gasteiger partial charge < -0.3 is 0 Å². The minimum Gasteiger partial charge on any atom is -0.147 e. The number of halogens is 8. The molecule has 0 radical (unpaired) electrons. The first-order valence-electron chi connectivity index (χ1n) is 5.35. The molecule has 118 valence electrons. The first-order valence-corrected chi connectivity index (χ1v) is 8.94. The zero-order valence-corrected chi connectivity index (χ0v) is 16.0. The van der Waals surface area contributed by atoms with Gasteiger partial charge in [-0.15, -0.1) is 24.8 Å². The van der Waals surface area contributed by atoms with Gasteiger partial charge in [0.25, 0.3) is 0 Å². The van der Waals surface area contributed by atoms with Crippen LogP contribution in [-0.4, -0.2) is 12.3 Å². The maximum atomic E-state index is 13.6. The van der Waals surface area contributed by atoms with Crippen molar-refractivity contribution in [3.63, 3.8) is 0 Å². The van der Waals surface area contributed by atoms with Gasteiger partial charge >= 0.3 is 117 Å². The van der Waals surface area contributed by atoms with Crippen LogP contribution in [-0.2, 0) is 22.9 Å². The van der Waals surface area contributed by atoms with E-state index in [0.717, 1.165) is 0 Å². The van der Waals surface area contributed by atoms with Crippen molar-refractivity contribution < 1.29 is 49.2 Å². The number of hydrogen-bond acceptors (Lipinski definition) is 0. The molecule has 0 saturated carbocycles. The minimum absolute atomic E-state index is 0. The molecule has 0 nitrogen and oxygen atoms in total. The molecule has 0 aromatic rings. The van der Waals surface area contributed by atoms with Crippen LogP contribution < -0.4 is 0 Å². The van der Waals surface area contributed by atoms with E-state index in [1.54, 1.807) is 0 Å². The second kappa shape index (κ2) is 7.51. The fraction of sp³-hybridized carbons (Fsp3) is 0.333. The molecule has 0 N–H and O–H groups in total. The minimum atomic E-state index is -2.57. The zero-order valence-electron chi connectivity index (χ0n) is 10.7. The third-order valence-corrected chi connectivity index (χ3v) is 9.56. The van der Waals surface area contributed by atoms with E-state index >= 15 is 0 Å². The van der Waals surface area contributed by atoms with Crippen molar-refractivity contribution in [1.82, 2.24) is 0 Å². The van der Waals surface area contributed by atoms with Crippen LogP contribution in [0.1, 0.15) is 13.8 Å². The molecular weight excluding hydrogens is 508 g/mol. The standard InChI is InChI=1S/2C6H4F3.2ClH.Hf/c2*1-3-2-4(7)6(9)5(3)8;;;/h2*4H,1H3;2*1H;. The number of rotatable bonds is 2. The van der Waals surface area contributed by atoms with Crippen molar-refractivity contribution in [2.75, 3.05) is 0 Å². The van der Waals surface area contributed by atoms with Crippen molar-refractivity contribution >= 4 is 24.8 Å². The predicted molar refractivity (Wildman–Crippen MR) is 68.2 cm³/mol. The molecule has 2 aliphatic carbocycles. The fourth-order valence-electron chi connectivity index (χ4n) is 1.91. The molecule has 2 rings (SSSR count). The molecule has 0 aromatic heterocycles. The van der Waals surface area contributed by atoms with Crippen LogP contribution >= 0.6 is 24.8 Å². The number of alkyl halides is 2. The average molecular weight is 518 g/mol. The largest absolute Gasteiger partial charge is 0.147 e. The van der Waals surface area contributed by atoms with Gasteiger partial charge in [-0.25, -0.2) is 0 Å². The van der Waals surface area contributed by atoms with E-state index in [9.17, 15) is 26.3 Å². The van der Waals surface area contributed by atoms with E-state index in [2.05, 4.69) is 0 Å². The molecule has 0 saturated heterocycles. The first kappa shape index (κ1) is 21.0. The third kappa shape index (κ3) is 3.34. The van der Waals surface area contributed by atoms with E-state index in [1.165, 1.54) is 13.8 Å². The van der Waals surface area contributed by atoms with Crippen LogP contribution in [0.3, 0.4) is 0 Å². The molecule has 2 unspecified atom stereocenters. The Hall–Kier alpha value is -0.00987. The summed E-state index contributed by atoms with van der Waals surface area (Å²) in [4.78, 5) is 0. The van der Waals surface area contributed by atoms with Crippen LogP contribution in [0, 0.1) is 0 Å². The molecule has 9 heteroatoms. The van der Waals surface area contributed by atoms with Crippen molar-refractivity contribution in [3.05, 3.63) is 41.1 Å². The van der Waals surface area contributed by atoms with Crippen LogP contribution in [0.2, 0.25) is 0 Å². The summed E-state index contributed by atoms with van der Waals surface area (Å²) < 4.78 is 79.4. The van der Waals surface area contributed by atoms with Gasteiger partial charge in [-0.2, -0.15) is 0 Å². The average Bonchev–Trinajstić information content (AvgIpc) is 2.68. The van der Waals surface area contributed by atoms with Crippen LogP contribution in [0.15, 0.2) is 41.1 Å². The quantitative estimate of drug-likeness (QED) is 0.337. The Balaban J connectivity index is 0.00000200. The molecule has 0 heterocycles. The Bertz CT molecular complexity index is 528. The molecule has 0 aromatic carbocycles. The van der Waals surface area contributed by atoms with E-state index < -0.39 is 58.6 Å². The second-order valence-electron chi connectivity index (χ2n) is 4.25. The topological polar surface area (TPSA) is 0 Å². The van der Waals surface area contributed by atoms with E-state index in [-0.39, 0.29) is 42.6 Å². The molecule has 0 amide bonds. The summed E-state index contributed by atoms with van der Waals surface area (Å²) in [7, 11) is 0. The molecule has 0 aliphatic heterocycles. The number of allylic oxidation sites excluding steroid dienone is 8.